The average molecular weight is 473 g/mol. The van der Waals surface area contributed by atoms with Crippen LogP contribution in [0.15, 0.2) is 54.6 Å². The Labute approximate surface area is 193 Å². The van der Waals surface area contributed by atoms with Crippen molar-refractivity contribution in [2.75, 3.05) is 6.54 Å². The van der Waals surface area contributed by atoms with E-state index < -0.39 is 30.0 Å². The Balaban J connectivity index is 1.79. The van der Waals surface area contributed by atoms with E-state index in [0.29, 0.717) is 5.02 Å². The van der Waals surface area contributed by atoms with Gasteiger partial charge in [0.25, 0.3) is 5.91 Å². The zero-order valence-corrected chi connectivity index (χ0v) is 18.2. The number of hydrazine groups is 1. The fourth-order valence-electron chi connectivity index (χ4n) is 3.01. The molecule has 1 atom stereocenters. The van der Waals surface area contributed by atoms with Crippen LogP contribution in [0.1, 0.15) is 33.5 Å². The average Bonchev–Trinajstić information content (AvgIpc) is 3.25. The molecule has 3 aromatic rings. The number of H-pyrrole nitrogens is 1. The fourth-order valence-corrected chi connectivity index (χ4v) is 3.20. The molecule has 0 unspecified atom stereocenters. The second kappa shape index (κ2) is 9.82. The number of benzene rings is 2. The predicted octanol–water partition coefficient (Wildman–Crippen LogP) is 2.41. The molecule has 5 N–H and O–H groups in total. The van der Waals surface area contributed by atoms with E-state index in [9.17, 15) is 24.6 Å². The van der Waals surface area contributed by atoms with Crippen molar-refractivity contribution in [2.24, 2.45) is 0 Å². The lowest BCUT2D eigenvalue weighted by Crippen LogP contribution is -2.52. The van der Waals surface area contributed by atoms with Crippen molar-refractivity contribution >= 4 is 29.4 Å². The second-order valence-corrected chi connectivity index (χ2v) is 7.99. The van der Waals surface area contributed by atoms with Gasteiger partial charge in [0.15, 0.2) is 11.3 Å². The highest BCUT2D eigenvalue weighted by Crippen LogP contribution is 2.23. The third kappa shape index (κ3) is 6.16. The molecule has 0 spiro atoms. The molecule has 0 radical (unpaired) electrons. The van der Waals surface area contributed by atoms with Crippen LogP contribution < -0.4 is 5.43 Å². The summed E-state index contributed by atoms with van der Waals surface area (Å²) in [5.41, 5.74) is 2.38. The Hall–Kier alpha value is -3.73. The molecule has 33 heavy (non-hydrogen) atoms. The molecular weight excluding hydrogens is 452 g/mol. The van der Waals surface area contributed by atoms with Crippen molar-refractivity contribution in [3.05, 3.63) is 76.6 Å². The number of aliphatic hydroxyl groups is 1. The topological polar surface area (TPSA) is 156 Å². The molecule has 0 fully saturated rings. The second-order valence-electron chi connectivity index (χ2n) is 7.56. The van der Waals surface area contributed by atoms with Crippen LogP contribution in [0.5, 0.6) is 0 Å². The summed E-state index contributed by atoms with van der Waals surface area (Å²) in [7, 11) is 0. The minimum absolute atomic E-state index is 0.0568. The highest BCUT2D eigenvalue weighted by molar-refractivity contribution is 6.30. The van der Waals surface area contributed by atoms with Gasteiger partial charge in [-0.05, 0) is 35.7 Å². The van der Waals surface area contributed by atoms with Crippen LogP contribution >= 0.6 is 11.6 Å². The smallest absolute Gasteiger partial charge is 0.353 e. The SMILES string of the molecule is C[C@@](O)(CN(Cc1ccc(-c2cccc(Cl)c2)cc1)NC(=O)c1cc(C(=O)O)[nH]n1)C(=O)O. The largest absolute Gasteiger partial charge is 0.479 e. The maximum absolute atomic E-state index is 12.5. The van der Waals surface area contributed by atoms with Crippen LogP contribution in [0.4, 0.5) is 0 Å². The van der Waals surface area contributed by atoms with E-state index in [1.54, 1.807) is 18.2 Å². The number of aromatic nitrogens is 2. The standard InChI is InChI=1S/C22H21ClN4O6/c1-22(33,21(31)32)12-27(26-19(28)17-10-18(20(29)30)25-24-17)11-13-5-7-14(8-6-13)15-3-2-4-16(23)9-15/h2-10,33H,11-12H2,1H3,(H,24,25)(H,26,28)(H,29,30)(H,31,32)/t22-/m1/s1. The maximum atomic E-state index is 12.5. The van der Waals surface area contributed by atoms with Gasteiger partial charge in [0.05, 0.1) is 6.54 Å². The van der Waals surface area contributed by atoms with Crippen LogP contribution in [0.3, 0.4) is 0 Å². The third-order valence-electron chi connectivity index (χ3n) is 4.75. The minimum atomic E-state index is -2.16. The molecule has 2 aromatic carbocycles. The summed E-state index contributed by atoms with van der Waals surface area (Å²) in [4.78, 5) is 34.9. The van der Waals surface area contributed by atoms with E-state index >= 15 is 0 Å². The number of hydrogen-bond acceptors (Lipinski definition) is 6. The first-order valence-electron chi connectivity index (χ1n) is 9.70. The molecule has 172 valence electrons. The van der Waals surface area contributed by atoms with E-state index in [1.165, 1.54) is 5.01 Å². The van der Waals surface area contributed by atoms with Gasteiger partial charge in [-0.3, -0.25) is 15.3 Å². The summed E-state index contributed by atoms with van der Waals surface area (Å²) in [6, 6.07) is 15.7. The van der Waals surface area contributed by atoms with Gasteiger partial charge in [-0.25, -0.2) is 14.6 Å². The summed E-state index contributed by atoms with van der Waals surface area (Å²) >= 11 is 6.04. The summed E-state index contributed by atoms with van der Waals surface area (Å²) in [6.45, 7) is 0.718. The number of carboxylic acids is 2. The highest BCUT2D eigenvalue weighted by atomic mass is 35.5. The first kappa shape index (κ1) is 23.9. The van der Waals surface area contributed by atoms with Gasteiger partial charge < -0.3 is 15.3 Å². The van der Waals surface area contributed by atoms with E-state index in [1.807, 2.05) is 30.3 Å². The van der Waals surface area contributed by atoms with Gasteiger partial charge in [0.2, 0.25) is 0 Å². The molecular formula is C22H21ClN4O6. The number of rotatable bonds is 9. The van der Waals surface area contributed by atoms with Gasteiger partial charge in [0.1, 0.15) is 5.69 Å². The van der Waals surface area contributed by atoms with Crippen LogP contribution in [0.25, 0.3) is 11.1 Å². The number of nitrogens with one attached hydrogen (secondary N) is 2. The lowest BCUT2D eigenvalue weighted by Gasteiger charge is -2.29. The molecule has 0 aliphatic carbocycles. The lowest BCUT2D eigenvalue weighted by atomic mass is 10.0. The number of carbonyl (C=O) groups is 3. The molecule has 1 amide bonds. The van der Waals surface area contributed by atoms with Crippen molar-refractivity contribution in [3.8, 4) is 11.1 Å². The zero-order chi connectivity index (χ0) is 24.2. The first-order valence-corrected chi connectivity index (χ1v) is 10.1. The first-order chi connectivity index (χ1) is 15.5. The van der Waals surface area contributed by atoms with Crippen LogP contribution in [0, 0.1) is 0 Å². The number of aromatic carboxylic acids is 1. The maximum Gasteiger partial charge on any atom is 0.353 e. The summed E-state index contributed by atoms with van der Waals surface area (Å²) in [5, 5.41) is 36.2. The van der Waals surface area contributed by atoms with Crippen LogP contribution in [0.2, 0.25) is 5.02 Å². The normalized spacial score (nSPS) is 12.8. The summed E-state index contributed by atoms with van der Waals surface area (Å²) < 4.78 is 0. The molecule has 0 aliphatic rings. The number of amides is 1. The number of carbonyl (C=O) groups excluding carboxylic acids is 1. The monoisotopic (exact) mass is 472 g/mol. The van der Waals surface area contributed by atoms with E-state index in [4.69, 9.17) is 16.7 Å². The van der Waals surface area contributed by atoms with Gasteiger partial charge >= 0.3 is 11.9 Å². The van der Waals surface area contributed by atoms with Crippen molar-refractivity contribution < 1.29 is 29.7 Å². The molecule has 0 bridgehead atoms. The number of aliphatic carboxylic acids is 1. The Bertz CT molecular complexity index is 1180. The quantitative estimate of drug-likeness (QED) is 0.297. The molecule has 1 aromatic heterocycles. The van der Waals surface area contributed by atoms with Crippen LogP contribution in [-0.4, -0.2) is 60.5 Å². The number of nitrogens with zero attached hydrogens (tertiary/aromatic N) is 2. The Morgan fingerprint density at radius 3 is 2.36 bits per heavy atom. The molecule has 10 nitrogen and oxygen atoms in total. The Morgan fingerprint density at radius 2 is 1.79 bits per heavy atom. The van der Waals surface area contributed by atoms with Crippen molar-refractivity contribution in [3.63, 3.8) is 0 Å². The number of aromatic amines is 1. The van der Waals surface area contributed by atoms with Gasteiger partial charge in [-0.15, -0.1) is 0 Å². The molecule has 0 saturated carbocycles. The van der Waals surface area contributed by atoms with Gasteiger partial charge in [-0.2, -0.15) is 5.10 Å². The molecule has 0 aliphatic heterocycles. The molecule has 3 rings (SSSR count). The third-order valence-corrected chi connectivity index (χ3v) is 4.98. The highest BCUT2D eigenvalue weighted by Gasteiger charge is 2.33. The lowest BCUT2D eigenvalue weighted by molar-refractivity contribution is -0.159. The van der Waals surface area contributed by atoms with Gasteiger partial charge in [0, 0.05) is 17.6 Å². The number of hydrogen-bond donors (Lipinski definition) is 5. The van der Waals surface area contributed by atoms with Crippen LogP contribution in [-0.2, 0) is 11.3 Å². The molecule has 0 saturated heterocycles. The fraction of sp³-hybridized carbons (Fsp3) is 0.182. The Morgan fingerprint density at radius 1 is 1.09 bits per heavy atom. The summed E-state index contributed by atoms with van der Waals surface area (Å²) in [6.07, 6.45) is 0. The predicted molar refractivity (Wildman–Crippen MR) is 119 cm³/mol. The minimum Gasteiger partial charge on any atom is -0.479 e. The van der Waals surface area contributed by atoms with Crippen molar-refractivity contribution in [1.82, 2.24) is 20.6 Å². The van der Waals surface area contributed by atoms with Gasteiger partial charge in [-0.1, -0.05) is 48.0 Å². The Kier molecular flexibility index (Phi) is 7.12. The zero-order valence-electron chi connectivity index (χ0n) is 17.4. The molecule has 1 heterocycles. The number of carboxylic acid groups (broad SMARTS) is 2. The van der Waals surface area contributed by atoms with E-state index in [-0.39, 0.29) is 17.9 Å². The van der Waals surface area contributed by atoms with E-state index in [2.05, 4.69) is 15.6 Å². The van der Waals surface area contributed by atoms with Crippen molar-refractivity contribution in [2.45, 2.75) is 19.1 Å². The summed E-state index contributed by atoms with van der Waals surface area (Å²) in [5.74, 6) is -3.52. The molecule has 11 heteroatoms. The number of halogens is 1. The van der Waals surface area contributed by atoms with Crippen molar-refractivity contribution in [1.29, 1.82) is 0 Å². The van der Waals surface area contributed by atoms with E-state index in [0.717, 1.165) is 29.7 Å².